The molecule has 2 aliphatic heterocycles. The van der Waals surface area contributed by atoms with Gasteiger partial charge in [0.1, 0.15) is 5.76 Å². The van der Waals surface area contributed by atoms with Gasteiger partial charge in [-0.1, -0.05) is 5.16 Å². The third kappa shape index (κ3) is 2.86. The lowest BCUT2D eigenvalue weighted by molar-refractivity contribution is -0.155. The Morgan fingerprint density at radius 2 is 2.04 bits per heavy atom. The summed E-state index contributed by atoms with van der Waals surface area (Å²) in [4.78, 5) is 16.0. The lowest BCUT2D eigenvalue weighted by atomic mass is 9.77. The van der Waals surface area contributed by atoms with Gasteiger partial charge in [-0.15, -0.1) is 0 Å². The highest BCUT2D eigenvalue weighted by Gasteiger charge is 2.56. The molecule has 1 amide bonds. The molecule has 2 saturated heterocycles. The van der Waals surface area contributed by atoms with Crippen molar-refractivity contribution in [2.24, 2.45) is 5.41 Å². The van der Waals surface area contributed by atoms with Crippen molar-refractivity contribution >= 4 is 5.91 Å². The van der Waals surface area contributed by atoms with E-state index < -0.39 is 11.3 Å². The summed E-state index contributed by atoms with van der Waals surface area (Å²) in [5, 5.41) is 3.88. The SMILES string of the molecule is CCN1CCC2(CN(Cc3c(C)noc3C)CC(F)(F)C2)C1=O. The number of carbonyl (C=O) groups is 1. The maximum Gasteiger partial charge on any atom is 0.261 e. The molecule has 1 spiro atoms. The molecule has 0 N–H and O–H groups in total. The van der Waals surface area contributed by atoms with E-state index in [1.165, 1.54) is 0 Å². The number of aromatic nitrogens is 1. The van der Waals surface area contributed by atoms with Gasteiger partial charge in [0.15, 0.2) is 0 Å². The monoisotopic (exact) mass is 327 g/mol. The van der Waals surface area contributed by atoms with Gasteiger partial charge in [-0.25, -0.2) is 8.78 Å². The van der Waals surface area contributed by atoms with Crippen molar-refractivity contribution in [2.75, 3.05) is 26.2 Å². The molecule has 0 radical (unpaired) electrons. The van der Waals surface area contributed by atoms with Crippen molar-refractivity contribution in [3.8, 4) is 0 Å². The van der Waals surface area contributed by atoms with E-state index in [0.29, 0.717) is 38.4 Å². The summed E-state index contributed by atoms with van der Waals surface area (Å²) < 4.78 is 33.8. The Morgan fingerprint density at radius 1 is 1.30 bits per heavy atom. The molecule has 3 rings (SSSR count). The van der Waals surface area contributed by atoms with Crippen LogP contribution in [0.15, 0.2) is 4.52 Å². The molecule has 0 aromatic carbocycles. The normalized spacial score (nSPS) is 28.0. The van der Waals surface area contributed by atoms with Crippen molar-refractivity contribution in [3.05, 3.63) is 17.0 Å². The van der Waals surface area contributed by atoms with Gasteiger partial charge in [0, 0.05) is 38.2 Å². The number of aryl methyl sites for hydroxylation is 2. The van der Waals surface area contributed by atoms with E-state index in [2.05, 4.69) is 5.16 Å². The molecular formula is C16H23F2N3O2. The average Bonchev–Trinajstić information content (AvgIpc) is 2.92. The summed E-state index contributed by atoms with van der Waals surface area (Å²) in [5.41, 5.74) is 0.616. The summed E-state index contributed by atoms with van der Waals surface area (Å²) in [6, 6.07) is 0. The number of halogens is 2. The first-order chi connectivity index (χ1) is 10.8. The maximum atomic E-state index is 14.3. The van der Waals surface area contributed by atoms with Crippen LogP contribution < -0.4 is 0 Å². The fourth-order valence-corrected chi connectivity index (χ4v) is 3.99. The fourth-order valence-electron chi connectivity index (χ4n) is 3.99. The molecule has 23 heavy (non-hydrogen) atoms. The Hall–Kier alpha value is -1.50. The van der Waals surface area contributed by atoms with E-state index in [-0.39, 0.29) is 18.9 Å². The second kappa shape index (κ2) is 5.54. The van der Waals surface area contributed by atoms with Gasteiger partial charge in [-0.3, -0.25) is 9.69 Å². The number of piperidine rings is 1. The molecule has 0 aliphatic carbocycles. The molecule has 2 aliphatic rings. The summed E-state index contributed by atoms with van der Waals surface area (Å²) >= 11 is 0. The van der Waals surface area contributed by atoms with Crippen molar-refractivity contribution in [1.82, 2.24) is 15.0 Å². The van der Waals surface area contributed by atoms with E-state index in [1.807, 2.05) is 13.8 Å². The smallest absolute Gasteiger partial charge is 0.261 e. The molecule has 128 valence electrons. The molecule has 1 aromatic rings. The second-order valence-corrected chi connectivity index (χ2v) is 6.90. The molecule has 0 saturated carbocycles. The predicted octanol–water partition coefficient (Wildman–Crippen LogP) is 2.37. The zero-order chi connectivity index (χ0) is 16.8. The van der Waals surface area contributed by atoms with Crippen LogP contribution in [0, 0.1) is 19.3 Å². The zero-order valence-electron chi connectivity index (χ0n) is 13.9. The quantitative estimate of drug-likeness (QED) is 0.855. The van der Waals surface area contributed by atoms with Gasteiger partial charge in [-0.05, 0) is 27.2 Å². The van der Waals surface area contributed by atoms with Crippen molar-refractivity contribution < 1.29 is 18.1 Å². The topological polar surface area (TPSA) is 49.6 Å². The van der Waals surface area contributed by atoms with Crippen LogP contribution in [-0.4, -0.2) is 53.0 Å². The highest BCUT2D eigenvalue weighted by Crippen LogP contribution is 2.46. The highest BCUT2D eigenvalue weighted by atomic mass is 19.3. The van der Waals surface area contributed by atoms with Gasteiger partial charge in [-0.2, -0.15) is 0 Å². The molecule has 5 nitrogen and oxygen atoms in total. The first-order valence-corrected chi connectivity index (χ1v) is 8.08. The van der Waals surface area contributed by atoms with E-state index in [4.69, 9.17) is 4.52 Å². The van der Waals surface area contributed by atoms with E-state index >= 15 is 0 Å². The van der Waals surface area contributed by atoms with Gasteiger partial charge >= 0.3 is 0 Å². The highest BCUT2D eigenvalue weighted by molar-refractivity contribution is 5.85. The average molecular weight is 327 g/mol. The van der Waals surface area contributed by atoms with Crippen LogP contribution in [0.5, 0.6) is 0 Å². The second-order valence-electron chi connectivity index (χ2n) is 6.90. The van der Waals surface area contributed by atoms with Crippen LogP contribution >= 0.6 is 0 Å². The molecule has 2 fully saturated rings. The van der Waals surface area contributed by atoms with Crippen LogP contribution in [-0.2, 0) is 11.3 Å². The Balaban J connectivity index is 1.84. The van der Waals surface area contributed by atoms with Crippen LogP contribution in [0.1, 0.15) is 36.8 Å². The summed E-state index contributed by atoms with van der Waals surface area (Å²) in [5.74, 6) is -2.32. The number of hydrogen-bond donors (Lipinski definition) is 0. The van der Waals surface area contributed by atoms with E-state index in [1.54, 1.807) is 16.7 Å². The fraction of sp³-hybridized carbons (Fsp3) is 0.750. The van der Waals surface area contributed by atoms with Crippen molar-refractivity contribution in [3.63, 3.8) is 0 Å². The lowest BCUT2D eigenvalue weighted by Gasteiger charge is -2.42. The number of likely N-dealkylation sites (tertiary alicyclic amines) is 2. The third-order valence-electron chi connectivity index (χ3n) is 5.12. The molecular weight excluding hydrogens is 304 g/mol. The van der Waals surface area contributed by atoms with E-state index in [9.17, 15) is 13.6 Å². The molecule has 1 atom stereocenters. The van der Waals surface area contributed by atoms with Crippen LogP contribution in [0.2, 0.25) is 0 Å². The summed E-state index contributed by atoms with van der Waals surface area (Å²) in [6.07, 6.45) is 0.167. The summed E-state index contributed by atoms with van der Waals surface area (Å²) in [6.45, 7) is 7.04. The Kier molecular flexibility index (Phi) is 3.94. The Bertz CT molecular complexity index is 597. The molecule has 7 heteroatoms. The summed E-state index contributed by atoms with van der Waals surface area (Å²) in [7, 11) is 0. The standard InChI is InChI=1S/C16H23F2N3O2/c1-4-21-6-5-15(14(21)22)8-16(17,18)10-20(9-15)7-13-11(2)19-23-12(13)3/h4-10H2,1-3H3. The molecule has 3 heterocycles. The van der Waals surface area contributed by atoms with Crippen LogP contribution in [0.4, 0.5) is 8.78 Å². The Labute approximate surface area is 134 Å². The molecule has 1 unspecified atom stereocenters. The minimum absolute atomic E-state index is 0.122. The number of rotatable bonds is 3. The Morgan fingerprint density at radius 3 is 2.61 bits per heavy atom. The first kappa shape index (κ1) is 16.4. The predicted molar refractivity (Wildman–Crippen MR) is 80.1 cm³/mol. The largest absolute Gasteiger partial charge is 0.361 e. The van der Waals surface area contributed by atoms with Crippen LogP contribution in [0.3, 0.4) is 0 Å². The minimum Gasteiger partial charge on any atom is -0.361 e. The zero-order valence-corrected chi connectivity index (χ0v) is 13.9. The maximum absolute atomic E-state index is 14.3. The molecule has 0 bridgehead atoms. The van der Waals surface area contributed by atoms with Crippen molar-refractivity contribution in [2.45, 2.75) is 46.1 Å². The first-order valence-electron chi connectivity index (χ1n) is 8.08. The number of amides is 1. The van der Waals surface area contributed by atoms with Gasteiger partial charge in [0.25, 0.3) is 5.92 Å². The van der Waals surface area contributed by atoms with Gasteiger partial charge < -0.3 is 9.42 Å². The third-order valence-corrected chi connectivity index (χ3v) is 5.12. The van der Waals surface area contributed by atoms with Gasteiger partial charge in [0.2, 0.25) is 5.91 Å². The molecule has 1 aromatic heterocycles. The minimum atomic E-state index is -2.85. The number of hydrogen-bond acceptors (Lipinski definition) is 4. The van der Waals surface area contributed by atoms with Gasteiger partial charge in [0.05, 0.1) is 17.7 Å². The van der Waals surface area contributed by atoms with Crippen molar-refractivity contribution in [1.29, 1.82) is 0 Å². The number of nitrogens with zero attached hydrogens (tertiary/aromatic N) is 3. The number of carbonyl (C=O) groups excluding carboxylic acids is 1. The van der Waals surface area contributed by atoms with E-state index in [0.717, 1.165) is 11.3 Å². The lowest BCUT2D eigenvalue weighted by Crippen LogP contribution is -2.55. The van der Waals surface area contributed by atoms with Crippen LogP contribution in [0.25, 0.3) is 0 Å². The number of alkyl halides is 2.